The molecular formula is C15H30N2O. The Labute approximate surface area is 112 Å². The molecule has 0 aromatic heterocycles. The van der Waals surface area contributed by atoms with Crippen molar-refractivity contribution in [1.29, 1.82) is 0 Å². The van der Waals surface area contributed by atoms with E-state index in [0.717, 1.165) is 19.2 Å². The first-order valence-corrected chi connectivity index (χ1v) is 7.93. The quantitative estimate of drug-likeness (QED) is 0.764. The molecule has 0 aliphatic carbocycles. The van der Waals surface area contributed by atoms with Gasteiger partial charge in [0, 0.05) is 18.7 Å². The van der Waals surface area contributed by atoms with Gasteiger partial charge in [-0.3, -0.25) is 0 Å². The van der Waals surface area contributed by atoms with Gasteiger partial charge in [-0.1, -0.05) is 12.8 Å². The van der Waals surface area contributed by atoms with Crippen LogP contribution in [0.4, 0.5) is 0 Å². The van der Waals surface area contributed by atoms with E-state index in [2.05, 4.69) is 17.6 Å². The van der Waals surface area contributed by atoms with Gasteiger partial charge in [0.05, 0.1) is 6.10 Å². The average Bonchev–Trinajstić information content (AvgIpc) is 2.74. The van der Waals surface area contributed by atoms with Crippen molar-refractivity contribution in [3.05, 3.63) is 0 Å². The summed E-state index contributed by atoms with van der Waals surface area (Å²) >= 11 is 0. The van der Waals surface area contributed by atoms with Gasteiger partial charge in [-0.15, -0.1) is 0 Å². The van der Waals surface area contributed by atoms with Crippen molar-refractivity contribution in [3.63, 3.8) is 0 Å². The summed E-state index contributed by atoms with van der Waals surface area (Å²) in [6.07, 6.45) is 11.0. The van der Waals surface area contributed by atoms with Crippen LogP contribution in [0.5, 0.6) is 0 Å². The highest BCUT2D eigenvalue weighted by molar-refractivity contribution is 4.76. The summed E-state index contributed by atoms with van der Waals surface area (Å²) < 4.78 is 5.65. The molecule has 3 nitrogen and oxygen atoms in total. The van der Waals surface area contributed by atoms with Crippen LogP contribution in [0.15, 0.2) is 0 Å². The van der Waals surface area contributed by atoms with E-state index in [0.29, 0.717) is 12.1 Å². The van der Waals surface area contributed by atoms with E-state index in [9.17, 15) is 0 Å². The van der Waals surface area contributed by atoms with Crippen molar-refractivity contribution < 1.29 is 4.74 Å². The summed E-state index contributed by atoms with van der Waals surface area (Å²) in [4.78, 5) is 0. The molecule has 2 saturated heterocycles. The summed E-state index contributed by atoms with van der Waals surface area (Å²) in [5.74, 6) is 0. The van der Waals surface area contributed by atoms with Crippen LogP contribution in [0.1, 0.15) is 58.3 Å². The first-order valence-electron chi connectivity index (χ1n) is 7.93. The smallest absolute Gasteiger partial charge is 0.0588 e. The van der Waals surface area contributed by atoms with Gasteiger partial charge in [-0.25, -0.2) is 0 Å². The summed E-state index contributed by atoms with van der Waals surface area (Å²) in [6.45, 7) is 5.63. The minimum Gasteiger partial charge on any atom is -0.378 e. The average molecular weight is 254 g/mol. The van der Waals surface area contributed by atoms with Crippen molar-refractivity contribution in [1.82, 2.24) is 10.6 Å². The molecule has 3 heteroatoms. The third-order valence-corrected chi connectivity index (χ3v) is 4.28. The van der Waals surface area contributed by atoms with Crippen LogP contribution in [0.3, 0.4) is 0 Å². The minimum atomic E-state index is 0.528. The molecule has 2 N–H and O–H groups in total. The van der Waals surface area contributed by atoms with Crippen molar-refractivity contribution >= 4 is 0 Å². The lowest BCUT2D eigenvalue weighted by molar-refractivity contribution is 0.103. The van der Waals surface area contributed by atoms with E-state index >= 15 is 0 Å². The zero-order valence-corrected chi connectivity index (χ0v) is 11.9. The van der Waals surface area contributed by atoms with Crippen LogP contribution < -0.4 is 10.6 Å². The molecule has 0 radical (unpaired) electrons. The second-order valence-corrected chi connectivity index (χ2v) is 6.01. The number of nitrogens with one attached hydrogen (secondary N) is 2. The van der Waals surface area contributed by atoms with Gasteiger partial charge in [0.15, 0.2) is 0 Å². The van der Waals surface area contributed by atoms with Crippen LogP contribution in [-0.2, 0) is 4.74 Å². The highest BCUT2D eigenvalue weighted by Gasteiger charge is 2.17. The number of hydrogen-bond acceptors (Lipinski definition) is 3. The lowest BCUT2D eigenvalue weighted by atomic mass is 10.0. The molecule has 0 saturated carbocycles. The summed E-state index contributed by atoms with van der Waals surface area (Å²) in [7, 11) is 0. The second-order valence-electron chi connectivity index (χ2n) is 6.01. The van der Waals surface area contributed by atoms with Gasteiger partial charge >= 0.3 is 0 Å². The first-order chi connectivity index (χ1) is 8.84. The van der Waals surface area contributed by atoms with Crippen LogP contribution in [0, 0.1) is 0 Å². The Kier molecular flexibility index (Phi) is 6.46. The molecule has 2 fully saturated rings. The van der Waals surface area contributed by atoms with Gasteiger partial charge in [0.25, 0.3) is 0 Å². The van der Waals surface area contributed by atoms with Gasteiger partial charge in [-0.05, 0) is 58.5 Å². The molecule has 2 rings (SSSR count). The Morgan fingerprint density at radius 2 is 2.17 bits per heavy atom. The number of ether oxygens (including phenoxy) is 1. The Morgan fingerprint density at radius 1 is 1.22 bits per heavy atom. The monoisotopic (exact) mass is 254 g/mol. The molecule has 0 amide bonds. The van der Waals surface area contributed by atoms with E-state index in [1.54, 1.807) is 0 Å². The van der Waals surface area contributed by atoms with Gasteiger partial charge < -0.3 is 15.4 Å². The minimum absolute atomic E-state index is 0.528. The van der Waals surface area contributed by atoms with E-state index in [1.165, 1.54) is 57.9 Å². The van der Waals surface area contributed by atoms with E-state index in [4.69, 9.17) is 4.74 Å². The second kappa shape index (κ2) is 8.13. The zero-order valence-electron chi connectivity index (χ0n) is 11.9. The maximum atomic E-state index is 5.65. The Balaban J connectivity index is 1.54. The molecule has 18 heavy (non-hydrogen) atoms. The van der Waals surface area contributed by atoms with E-state index in [1.807, 2.05) is 0 Å². The SMILES string of the molecule is CC(CC1CCCCCN1)NCCC1CCCO1. The number of hydrogen-bond donors (Lipinski definition) is 2. The molecule has 2 aliphatic rings. The molecule has 106 valence electrons. The zero-order chi connectivity index (χ0) is 12.6. The summed E-state index contributed by atoms with van der Waals surface area (Å²) in [5, 5.41) is 7.34. The standard InChI is InChI=1S/C15H30N2O/c1-13(12-14-6-3-2-4-9-17-14)16-10-8-15-7-5-11-18-15/h13-17H,2-12H2,1H3. The van der Waals surface area contributed by atoms with E-state index < -0.39 is 0 Å². The molecule has 0 aromatic carbocycles. The normalized spacial score (nSPS) is 31.2. The molecule has 3 unspecified atom stereocenters. The molecular weight excluding hydrogens is 224 g/mol. The van der Waals surface area contributed by atoms with Crippen molar-refractivity contribution in [3.8, 4) is 0 Å². The number of rotatable bonds is 6. The van der Waals surface area contributed by atoms with Crippen molar-refractivity contribution in [2.24, 2.45) is 0 Å². The van der Waals surface area contributed by atoms with Gasteiger partial charge in [0.1, 0.15) is 0 Å². The molecule has 0 bridgehead atoms. The Morgan fingerprint density at radius 3 is 3.00 bits per heavy atom. The van der Waals surface area contributed by atoms with Crippen LogP contribution in [-0.4, -0.2) is 37.9 Å². The Bertz CT molecular complexity index is 209. The predicted octanol–water partition coefficient (Wildman–Crippen LogP) is 2.46. The fourth-order valence-electron chi connectivity index (χ4n) is 3.17. The maximum Gasteiger partial charge on any atom is 0.0588 e. The fraction of sp³-hybridized carbons (Fsp3) is 1.00. The predicted molar refractivity (Wildman–Crippen MR) is 75.9 cm³/mol. The van der Waals surface area contributed by atoms with Crippen LogP contribution >= 0.6 is 0 Å². The van der Waals surface area contributed by atoms with Crippen LogP contribution in [0.25, 0.3) is 0 Å². The largest absolute Gasteiger partial charge is 0.378 e. The van der Waals surface area contributed by atoms with Crippen molar-refractivity contribution in [2.75, 3.05) is 19.7 Å². The fourth-order valence-corrected chi connectivity index (χ4v) is 3.17. The summed E-state index contributed by atoms with van der Waals surface area (Å²) in [6, 6.07) is 1.36. The lowest BCUT2D eigenvalue weighted by Gasteiger charge is -2.22. The molecule has 0 aromatic rings. The maximum absolute atomic E-state index is 5.65. The summed E-state index contributed by atoms with van der Waals surface area (Å²) in [5.41, 5.74) is 0. The van der Waals surface area contributed by atoms with Crippen molar-refractivity contribution in [2.45, 2.75) is 76.5 Å². The molecule has 0 spiro atoms. The molecule has 3 atom stereocenters. The Hall–Kier alpha value is -0.120. The van der Waals surface area contributed by atoms with Gasteiger partial charge in [-0.2, -0.15) is 0 Å². The lowest BCUT2D eigenvalue weighted by Crippen LogP contribution is -2.37. The molecule has 2 aliphatic heterocycles. The highest BCUT2D eigenvalue weighted by atomic mass is 16.5. The molecule has 2 heterocycles. The van der Waals surface area contributed by atoms with Crippen LogP contribution in [0.2, 0.25) is 0 Å². The third-order valence-electron chi connectivity index (χ3n) is 4.28. The van der Waals surface area contributed by atoms with E-state index in [-0.39, 0.29) is 0 Å². The third kappa shape index (κ3) is 5.25. The van der Waals surface area contributed by atoms with Gasteiger partial charge in [0.2, 0.25) is 0 Å². The topological polar surface area (TPSA) is 33.3 Å². The highest BCUT2D eigenvalue weighted by Crippen LogP contribution is 2.15. The first kappa shape index (κ1) is 14.3.